The second kappa shape index (κ2) is 4.01. The molecule has 1 heterocycles. The van der Waals surface area contributed by atoms with Crippen LogP contribution < -0.4 is 10.5 Å². The van der Waals surface area contributed by atoms with Crippen LogP contribution in [-0.4, -0.2) is 21.9 Å². The summed E-state index contributed by atoms with van der Waals surface area (Å²) in [5.41, 5.74) is 7.66. The summed E-state index contributed by atoms with van der Waals surface area (Å²) in [7, 11) is 1.63. The van der Waals surface area contributed by atoms with E-state index in [9.17, 15) is 0 Å². The number of nitrogens with zero attached hydrogens (tertiary/aromatic N) is 3. The summed E-state index contributed by atoms with van der Waals surface area (Å²) >= 11 is 0. The smallest absolute Gasteiger partial charge is 0.166 e. The van der Waals surface area contributed by atoms with E-state index in [4.69, 9.17) is 10.5 Å². The van der Waals surface area contributed by atoms with Crippen molar-refractivity contribution in [2.75, 3.05) is 12.8 Å². The largest absolute Gasteiger partial charge is 0.497 e. The first kappa shape index (κ1) is 11.1. The lowest BCUT2D eigenvalue weighted by atomic mass is 10.1. The fourth-order valence-corrected chi connectivity index (χ4v) is 2.19. The molecule has 0 bridgehead atoms. The number of methoxy groups -OCH3 is 1. The van der Waals surface area contributed by atoms with Crippen molar-refractivity contribution in [1.82, 2.24) is 14.8 Å². The third-order valence-electron chi connectivity index (χ3n) is 3.28. The number of hydrogen-bond acceptors (Lipinski definition) is 4. The Balaban J connectivity index is 2.09. The van der Waals surface area contributed by atoms with E-state index in [-0.39, 0.29) is 0 Å². The second-order valence-corrected chi connectivity index (χ2v) is 4.63. The van der Waals surface area contributed by atoms with Gasteiger partial charge in [0.05, 0.1) is 7.11 Å². The Bertz CT molecular complexity index is 587. The minimum Gasteiger partial charge on any atom is -0.497 e. The zero-order valence-corrected chi connectivity index (χ0v) is 10.6. The normalized spacial score (nSPS) is 14.8. The van der Waals surface area contributed by atoms with Gasteiger partial charge in [-0.25, -0.2) is 0 Å². The van der Waals surface area contributed by atoms with Crippen molar-refractivity contribution in [3.05, 3.63) is 24.0 Å². The molecule has 1 fully saturated rings. The molecule has 0 radical (unpaired) electrons. The Morgan fingerprint density at radius 1 is 1.33 bits per heavy atom. The molecule has 5 heteroatoms. The van der Waals surface area contributed by atoms with Crippen LogP contribution >= 0.6 is 0 Å². The van der Waals surface area contributed by atoms with Gasteiger partial charge < -0.3 is 15.0 Å². The fourth-order valence-electron chi connectivity index (χ4n) is 2.19. The first-order valence-corrected chi connectivity index (χ1v) is 6.06. The SMILES string of the molecule is COc1ccc(-c2nnc(C)n2C2CC2)c(N)c1. The number of nitrogens with two attached hydrogens (primary N) is 1. The first-order chi connectivity index (χ1) is 8.70. The summed E-state index contributed by atoms with van der Waals surface area (Å²) in [5, 5.41) is 8.42. The monoisotopic (exact) mass is 244 g/mol. The van der Waals surface area contributed by atoms with Crippen molar-refractivity contribution in [2.45, 2.75) is 25.8 Å². The van der Waals surface area contributed by atoms with Crippen LogP contribution in [0.2, 0.25) is 0 Å². The Morgan fingerprint density at radius 3 is 2.72 bits per heavy atom. The molecule has 94 valence electrons. The topological polar surface area (TPSA) is 66.0 Å². The van der Waals surface area contributed by atoms with Crippen LogP contribution in [0.1, 0.15) is 24.7 Å². The molecule has 1 aliphatic carbocycles. The van der Waals surface area contributed by atoms with Gasteiger partial charge in [-0.15, -0.1) is 10.2 Å². The lowest BCUT2D eigenvalue weighted by molar-refractivity contribution is 0.415. The third-order valence-corrected chi connectivity index (χ3v) is 3.28. The molecule has 1 aromatic carbocycles. The van der Waals surface area contributed by atoms with Crippen LogP contribution in [0.3, 0.4) is 0 Å². The maximum atomic E-state index is 6.07. The molecule has 2 aromatic rings. The number of rotatable bonds is 3. The molecule has 0 saturated heterocycles. The Kier molecular flexibility index (Phi) is 2.47. The molecule has 1 aromatic heterocycles. The Hall–Kier alpha value is -2.04. The average Bonchev–Trinajstić information content (AvgIpc) is 3.13. The number of aromatic nitrogens is 3. The molecule has 3 rings (SSSR count). The minimum absolute atomic E-state index is 0.538. The number of aryl methyl sites for hydroxylation is 1. The van der Waals surface area contributed by atoms with Crippen molar-refractivity contribution in [3.63, 3.8) is 0 Å². The summed E-state index contributed by atoms with van der Waals surface area (Å²) in [6.45, 7) is 1.98. The van der Waals surface area contributed by atoms with E-state index >= 15 is 0 Å². The number of nitrogen functional groups attached to an aromatic ring is 1. The molecule has 1 saturated carbocycles. The van der Waals surface area contributed by atoms with Gasteiger partial charge >= 0.3 is 0 Å². The van der Waals surface area contributed by atoms with Crippen LogP contribution in [0.5, 0.6) is 5.75 Å². The van der Waals surface area contributed by atoms with Gasteiger partial charge in [-0.2, -0.15) is 0 Å². The third kappa shape index (κ3) is 1.72. The molecule has 1 aliphatic rings. The Morgan fingerprint density at radius 2 is 2.11 bits per heavy atom. The Labute approximate surface area is 106 Å². The summed E-state index contributed by atoms with van der Waals surface area (Å²) < 4.78 is 7.34. The predicted molar refractivity (Wildman–Crippen MR) is 69.4 cm³/mol. The average molecular weight is 244 g/mol. The number of anilines is 1. The highest BCUT2D eigenvalue weighted by atomic mass is 16.5. The summed E-state index contributed by atoms with van der Waals surface area (Å²) in [6.07, 6.45) is 2.39. The quantitative estimate of drug-likeness (QED) is 0.840. The van der Waals surface area contributed by atoms with Crippen LogP contribution in [0.25, 0.3) is 11.4 Å². The lowest BCUT2D eigenvalue weighted by Gasteiger charge is -2.10. The van der Waals surface area contributed by atoms with Crippen LogP contribution in [-0.2, 0) is 0 Å². The van der Waals surface area contributed by atoms with E-state index in [0.29, 0.717) is 11.7 Å². The maximum Gasteiger partial charge on any atom is 0.166 e. The van der Waals surface area contributed by atoms with Gasteiger partial charge in [-0.3, -0.25) is 0 Å². The lowest BCUT2D eigenvalue weighted by Crippen LogP contribution is -2.02. The highest BCUT2D eigenvalue weighted by Crippen LogP contribution is 2.40. The van der Waals surface area contributed by atoms with Gasteiger partial charge in [0, 0.05) is 23.4 Å². The van der Waals surface area contributed by atoms with Crippen molar-refractivity contribution in [2.24, 2.45) is 0 Å². The van der Waals surface area contributed by atoms with Gasteiger partial charge in [-0.1, -0.05) is 0 Å². The molecule has 0 atom stereocenters. The van der Waals surface area contributed by atoms with Gasteiger partial charge in [0.25, 0.3) is 0 Å². The van der Waals surface area contributed by atoms with Gasteiger partial charge in [0.1, 0.15) is 11.6 Å². The number of benzene rings is 1. The molecule has 5 nitrogen and oxygen atoms in total. The maximum absolute atomic E-state index is 6.07. The van der Waals surface area contributed by atoms with Gasteiger partial charge in [0.2, 0.25) is 0 Å². The molecule has 0 unspecified atom stereocenters. The van der Waals surface area contributed by atoms with E-state index in [1.54, 1.807) is 7.11 Å². The fraction of sp³-hybridized carbons (Fsp3) is 0.385. The second-order valence-electron chi connectivity index (χ2n) is 4.63. The minimum atomic E-state index is 0.538. The van der Waals surface area contributed by atoms with E-state index in [1.165, 1.54) is 12.8 Å². The highest BCUT2D eigenvalue weighted by molar-refractivity contribution is 5.73. The molecule has 18 heavy (non-hydrogen) atoms. The molecular formula is C13H16N4O. The standard InChI is InChI=1S/C13H16N4O/c1-8-15-16-13(17(8)9-3-4-9)11-6-5-10(18-2)7-12(11)14/h5-7,9H,3-4,14H2,1-2H3. The number of ether oxygens (including phenoxy) is 1. The molecule has 0 spiro atoms. The van der Waals surface area contributed by atoms with E-state index in [0.717, 1.165) is 23.0 Å². The van der Waals surface area contributed by atoms with E-state index < -0.39 is 0 Å². The van der Waals surface area contributed by atoms with Crippen LogP contribution in [0.15, 0.2) is 18.2 Å². The molecule has 0 aliphatic heterocycles. The van der Waals surface area contributed by atoms with Gasteiger partial charge in [-0.05, 0) is 31.9 Å². The van der Waals surface area contributed by atoms with E-state index in [2.05, 4.69) is 14.8 Å². The van der Waals surface area contributed by atoms with Crippen LogP contribution in [0.4, 0.5) is 5.69 Å². The summed E-state index contributed by atoms with van der Waals surface area (Å²) in [5.74, 6) is 2.56. The zero-order valence-electron chi connectivity index (χ0n) is 10.6. The van der Waals surface area contributed by atoms with Crippen LogP contribution in [0, 0.1) is 6.92 Å². The van der Waals surface area contributed by atoms with Crippen molar-refractivity contribution < 1.29 is 4.74 Å². The van der Waals surface area contributed by atoms with Crippen molar-refractivity contribution in [1.29, 1.82) is 0 Å². The predicted octanol–water partition coefficient (Wildman–Crippen LogP) is 2.18. The van der Waals surface area contributed by atoms with E-state index in [1.807, 2.05) is 25.1 Å². The first-order valence-electron chi connectivity index (χ1n) is 6.06. The summed E-state index contributed by atoms with van der Waals surface area (Å²) in [4.78, 5) is 0. The summed E-state index contributed by atoms with van der Waals surface area (Å²) in [6, 6.07) is 6.19. The van der Waals surface area contributed by atoms with Crippen molar-refractivity contribution >= 4 is 5.69 Å². The van der Waals surface area contributed by atoms with Gasteiger partial charge in [0.15, 0.2) is 5.82 Å². The zero-order chi connectivity index (χ0) is 12.7. The molecule has 0 amide bonds. The van der Waals surface area contributed by atoms with Crippen molar-refractivity contribution in [3.8, 4) is 17.1 Å². The molecule has 2 N–H and O–H groups in total. The molecular weight excluding hydrogens is 228 g/mol. The highest BCUT2D eigenvalue weighted by Gasteiger charge is 2.29. The number of hydrogen-bond donors (Lipinski definition) is 1.